The van der Waals surface area contributed by atoms with Crippen LogP contribution in [0.1, 0.15) is 12.5 Å². The van der Waals surface area contributed by atoms with E-state index in [0.29, 0.717) is 0 Å². The molecule has 1 radical (unpaired) electrons. The summed E-state index contributed by atoms with van der Waals surface area (Å²) in [6, 6.07) is 9.03. The molecular formula is C9H11O2S. The standard InChI is InChI=1S/C9H11O2S/c1-2-12(10,11)8-9-6-4-3-5-7-9/h3-8H,2H2,1H3. The second-order valence-electron chi connectivity index (χ2n) is 2.48. The van der Waals surface area contributed by atoms with E-state index in [1.165, 1.54) is 5.75 Å². The molecule has 0 amide bonds. The Kier molecular flexibility index (Phi) is 2.87. The van der Waals surface area contributed by atoms with Crippen molar-refractivity contribution < 1.29 is 8.42 Å². The fraction of sp³-hybridized carbons (Fsp3) is 0.222. The molecule has 0 atom stereocenters. The normalized spacial score (nSPS) is 11.4. The van der Waals surface area contributed by atoms with Gasteiger partial charge in [-0.2, -0.15) is 0 Å². The molecular weight excluding hydrogens is 172 g/mol. The number of benzene rings is 1. The zero-order valence-electron chi connectivity index (χ0n) is 6.90. The Labute approximate surface area is 73.2 Å². The van der Waals surface area contributed by atoms with Crippen LogP contribution in [-0.4, -0.2) is 14.2 Å². The molecule has 0 aliphatic heterocycles. The number of hydrogen-bond donors (Lipinski definition) is 0. The van der Waals surface area contributed by atoms with Crippen LogP contribution in [0.25, 0.3) is 0 Å². The van der Waals surface area contributed by atoms with Crippen LogP contribution < -0.4 is 0 Å². The molecule has 2 nitrogen and oxygen atoms in total. The number of sulfone groups is 1. The molecule has 0 spiro atoms. The predicted octanol–water partition coefficient (Wildman–Crippen LogP) is 1.63. The summed E-state index contributed by atoms with van der Waals surface area (Å²) in [5, 5.41) is 0. The van der Waals surface area contributed by atoms with Crippen LogP contribution in [0.3, 0.4) is 0 Å². The average Bonchev–Trinajstić information content (AvgIpc) is 2.06. The van der Waals surface area contributed by atoms with E-state index in [1.807, 2.05) is 18.2 Å². The maximum atomic E-state index is 11.1. The zero-order valence-corrected chi connectivity index (χ0v) is 7.71. The van der Waals surface area contributed by atoms with Crippen LogP contribution in [0.15, 0.2) is 30.3 Å². The van der Waals surface area contributed by atoms with Gasteiger partial charge in [-0.25, -0.2) is 8.42 Å². The van der Waals surface area contributed by atoms with Gasteiger partial charge in [0.2, 0.25) is 0 Å². The van der Waals surface area contributed by atoms with Crippen molar-refractivity contribution in [2.75, 3.05) is 5.75 Å². The van der Waals surface area contributed by atoms with Gasteiger partial charge in [-0.1, -0.05) is 37.3 Å². The lowest BCUT2D eigenvalue weighted by Crippen LogP contribution is -2.03. The van der Waals surface area contributed by atoms with Gasteiger partial charge in [-0.3, -0.25) is 0 Å². The maximum Gasteiger partial charge on any atom is 0.158 e. The summed E-state index contributed by atoms with van der Waals surface area (Å²) in [5.41, 5.74) is 0.736. The Morgan fingerprint density at radius 2 is 1.83 bits per heavy atom. The lowest BCUT2D eigenvalue weighted by atomic mass is 10.2. The summed E-state index contributed by atoms with van der Waals surface area (Å²) in [6.45, 7) is 1.63. The molecule has 0 bridgehead atoms. The van der Waals surface area contributed by atoms with Crippen molar-refractivity contribution in [3.8, 4) is 0 Å². The van der Waals surface area contributed by atoms with Crippen molar-refractivity contribution in [3.63, 3.8) is 0 Å². The van der Waals surface area contributed by atoms with Gasteiger partial charge in [0, 0.05) is 5.75 Å². The minimum atomic E-state index is -3.00. The van der Waals surface area contributed by atoms with Gasteiger partial charge in [-0.05, 0) is 5.56 Å². The van der Waals surface area contributed by atoms with Crippen LogP contribution in [-0.2, 0) is 9.84 Å². The summed E-state index contributed by atoms with van der Waals surface area (Å²) in [5.74, 6) is 1.45. The van der Waals surface area contributed by atoms with Crippen LogP contribution in [0.5, 0.6) is 0 Å². The fourth-order valence-corrected chi connectivity index (χ4v) is 1.56. The molecule has 0 saturated heterocycles. The monoisotopic (exact) mass is 183 g/mol. The van der Waals surface area contributed by atoms with E-state index in [-0.39, 0.29) is 5.75 Å². The molecule has 1 rings (SSSR count). The summed E-state index contributed by atoms with van der Waals surface area (Å²) in [4.78, 5) is 0. The Hall–Kier alpha value is -0.830. The van der Waals surface area contributed by atoms with Gasteiger partial charge in [0.05, 0.1) is 0 Å². The molecule has 0 N–H and O–H groups in total. The SMILES string of the molecule is CCS(=O)(=O)[CH]c1ccccc1. The molecule has 0 aliphatic carbocycles. The van der Waals surface area contributed by atoms with Gasteiger partial charge >= 0.3 is 0 Å². The highest BCUT2D eigenvalue weighted by atomic mass is 32.2. The number of hydrogen-bond acceptors (Lipinski definition) is 2. The van der Waals surface area contributed by atoms with Crippen molar-refractivity contribution in [1.82, 2.24) is 0 Å². The Morgan fingerprint density at radius 3 is 2.33 bits per heavy atom. The molecule has 0 saturated carbocycles. The first-order chi connectivity index (χ1) is 5.64. The van der Waals surface area contributed by atoms with Crippen molar-refractivity contribution in [2.24, 2.45) is 0 Å². The molecule has 1 aromatic carbocycles. The van der Waals surface area contributed by atoms with E-state index in [2.05, 4.69) is 0 Å². The van der Waals surface area contributed by atoms with E-state index >= 15 is 0 Å². The topological polar surface area (TPSA) is 34.1 Å². The minimum Gasteiger partial charge on any atom is -0.228 e. The predicted molar refractivity (Wildman–Crippen MR) is 49.3 cm³/mol. The summed E-state index contributed by atoms with van der Waals surface area (Å²) < 4.78 is 22.2. The van der Waals surface area contributed by atoms with Crippen molar-refractivity contribution in [1.29, 1.82) is 0 Å². The fourth-order valence-electron chi connectivity index (χ4n) is 0.822. The average molecular weight is 183 g/mol. The molecule has 0 aromatic heterocycles. The van der Waals surface area contributed by atoms with E-state index in [9.17, 15) is 8.42 Å². The quantitative estimate of drug-likeness (QED) is 0.713. The van der Waals surface area contributed by atoms with Crippen LogP contribution in [0.4, 0.5) is 0 Å². The first kappa shape index (κ1) is 9.26. The number of rotatable bonds is 3. The molecule has 3 heteroatoms. The van der Waals surface area contributed by atoms with Crippen LogP contribution in [0, 0.1) is 5.75 Å². The minimum absolute atomic E-state index is 0.155. The van der Waals surface area contributed by atoms with E-state index < -0.39 is 9.84 Å². The molecule has 12 heavy (non-hydrogen) atoms. The summed E-state index contributed by atoms with van der Waals surface area (Å²) >= 11 is 0. The second kappa shape index (κ2) is 3.72. The second-order valence-corrected chi connectivity index (χ2v) is 4.62. The first-order valence-corrected chi connectivity index (χ1v) is 5.48. The highest BCUT2D eigenvalue weighted by Crippen LogP contribution is 2.07. The molecule has 65 valence electrons. The Bertz CT molecular complexity index is 327. The van der Waals surface area contributed by atoms with Crippen molar-refractivity contribution in [2.45, 2.75) is 6.92 Å². The van der Waals surface area contributed by atoms with Gasteiger partial charge in [0.25, 0.3) is 0 Å². The van der Waals surface area contributed by atoms with Gasteiger partial charge in [0.1, 0.15) is 5.75 Å². The van der Waals surface area contributed by atoms with Gasteiger partial charge < -0.3 is 0 Å². The third-order valence-corrected chi connectivity index (χ3v) is 2.95. The molecule has 0 aliphatic rings. The Balaban J connectivity index is 2.78. The Morgan fingerprint density at radius 1 is 1.25 bits per heavy atom. The van der Waals surface area contributed by atoms with Gasteiger partial charge in [-0.15, -0.1) is 0 Å². The van der Waals surface area contributed by atoms with Crippen LogP contribution >= 0.6 is 0 Å². The zero-order chi connectivity index (χ0) is 9.03. The molecule has 0 heterocycles. The first-order valence-electron chi connectivity index (χ1n) is 3.76. The van der Waals surface area contributed by atoms with Crippen molar-refractivity contribution in [3.05, 3.63) is 41.6 Å². The molecule has 1 aromatic rings. The summed E-state index contributed by atoms with van der Waals surface area (Å²) in [7, 11) is -3.00. The maximum absolute atomic E-state index is 11.1. The molecule has 0 fully saturated rings. The smallest absolute Gasteiger partial charge is 0.158 e. The van der Waals surface area contributed by atoms with E-state index in [0.717, 1.165) is 5.56 Å². The third-order valence-electron chi connectivity index (χ3n) is 1.52. The summed E-state index contributed by atoms with van der Waals surface area (Å²) in [6.07, 6.45) is 0. The van der Waals surface area contributed by atoms with E-state index in [1.54, 1.807) is 19.1 Å². The largest absolute Gasteiger partial charge is 0.228 e. The third kappa shape index (κ3) is 2.66. The van der Waals surface area contributed by atoms with E-state index in [4.69, 9.17) is 0 Å². The highest BCUT2D eigenvalue weighted by Gasteiger charge is 2.08. The van der Waals surface area contributed by atoms with Crippen LogP contribution in [0.2, 0.25) is 0 Å². The highest BCUT2D eigenvalue weighted by molar-refractivity contribution is 7.93. The van der Waals surface area contributed by atoms with Crippen molar-refractivity contribution >= 4 is 9.84 Å². The molecule has 0 unspecified atom stereocenters. The van der Waals surface area contributed by atoms with Gasteiger partial charge in [0.15, 0.2) is 9.84 Å². The lowest BCUT2D eigenvalue weighted by molar-refractivity contribution is 0.603. The lowest BCUT2D eigenvalue weighted by Gasteiger charge is -1.99.